The Labute approximate surface area is 196 Å². The van der Waals surface area contributed by atoms with Gasteiger partial charge in [0.2, 0.25) is 0 Å². The Balaban J connectivity index is 1.39. The van der Waals surface area contributed by atoms with Crippen LogP contribution < -0.4 is 24.4 Å². The molecule has 1 aliphatic rings. The molecule has 0 fully saturated rings. The van der Waals surface area contributed by atoms with E-state index in [-0.39, 0.29) is 18.4 Å². The van der Waals surface area contributed by atoms with Gasteiger partial charge in [-0.2, -0.15) is 0 Å². The summed E-state index contributed by atoms with van der Waals surface area (Å²) in [5.41, 5.74) is 1.16. The average molecular weight is 467 g/mol. The number of ether oxygens (including phenoxy) is 3. The average Bonchev–Trinajstić information content (AvgIpc) is 2.81. The van der Waals surface area contributed by atoms with Crippen molar-refractivity contribution < 1.29 is 23.8 Å². The lowest BCUT2D eigenvalue weighted by atomic mass is 10.1. The summed E-state index contributed by atoms with van der Waals surface area (Å²) in [5.74, 6) is 1.19. The predicted octanol–water partition coefficient (Wildman–Crippen LogP) is 4.55. The summed E-state index contributed by atoms with van der Waals surface area (Å²) >= 11 is 6.04. The van der Waals surface area contributed by atoms with Crippen LogP contribution in [0.4, 0.5) is 11.4 Å². The number of rotatable bonds is 8. The first-order chi connectivity index (χ1) is 16.0. The van der Waals surface area contributed by atoms with Crippen LogP contribution in [0.3, 0.4) is 0 Å². The first kappa shape index (κ1) is 22.5. The van der Waals surface area contributed by atoms with E-state index in [1.54, 1.807) is 54.3 Å². The standard InChI is InChI=1S/C25H23ClN2O5/c1-17-25(30)28(13-14-31-19-7-3-2-4-8-19)21-12-11-18(15-23(21)33-17)27-24(29)16-32-22-10-6-5-9-20(22)26/h2-12,15,17H,13-14,16H2,1H3,(H,27,29). The first-order valence-electron chi connectivity index (χ1n) is 10.5. The second-order valence-electron chi connectivity index (χ2n) is 7.36. The zero-order chi connectivity index (χ0) is 23.2. The summed E-state index contributed by atoms with van der Waals surface area (Å²) in [4.78, 5) is 26.6. The summed E-state index contributed by atoms with van der Waals surface area (Å²) in [5, 5.41) is 3.20. The van der Waals surface area contributed by atoms with Crippen LogP contribution >= 0.6 is 11.6 Å². The van der Waals surface area contributed by atoms with Crippen LogP contribution in [0.1, 0.15) is 6.92 Å². The van der Waals surface area contributed by atoms with E-state index in [1.165, 1.54) is 0 Å². The molecule has 1 aliphatic heterocycles. The first-order valence-corrected chi connectivity index (χ1v) is 10.9. The molecule has 1 heterocycles. The predicted molar refractivity (Wildman–Crippen MR) is 126 cm³/mol. The molecule has 0 aromatic heterocycles. The number of benzene rings is 3. The van der Waals surface area contributed by atoms with E-state index < -0.39 is 6.10 Å². The molecule has 0 aliphatic carbocycles. The Morgan fingerprint density at radius 1 is 1.06 bits per heavy atom. The topological polar surface area (TPSA) is 77.1 Å². The summed E-state index contributed by atoms with van der Waals surface area (Å²) in [6.45, 7) is 2.20. The van der Waals surface area contributed by atoms with Crippen LogP contribution in [0.5, 0.6) is 17.2 Å². The lowest BCUT2D eigenvalue weighted by Crippen LogP contribution is -2.46. The van der Waals surface area contributed by atoms with Gasteiger partial charge in [-0.15, -0.1) is 0 Å². The number of fused-ring (bicyclic) bond motifs is 1. The monoisotopic (exact) mass is 466 g/mol. The van der Waals surface area contributed by atoms with Crippen molar-refractivity contribution in [1.82, 2.24) is 0 Å². The Hall–Kier alpha value is -3.71. The zero-order valence-electron chi connectivity index (χ0n) is 18.0. The molecule has 0 saturated heterocycles. The van der Waals surface area contributed by atoms with Gasteiger partial charge in [0.05, 0.1) is 17.3 Å². The number of anilines is 2. The van der Waals surface area contributed by atoms with Crippen molar-refractivity contribution in [2.45, 2.75) is 13.0 Å². The Kier molecular flexibility index (Phi) is 7.00. The van der Waals surface area contributed by atoms with Gasteiger partial charge in [0.25, 0.3) is 11.8 Å². The lowest BCUT2D eigenvalue weighted by Gasteiger charge is -2.33. The van der Waals surface area contributed by atoms with Crippen molar-refractivity contribution in [2.75, 3.05) is 30.0 Å². The van der Waals surface area contributed by atoms with Gasteiger partial charge in [-0.05, 0) is 43.3 Å². The van der Waals surface area contributed by atoms with Crippen molar-refractivity contribution in [3.8, 4) is 17.2 Å². The highest BCUT2D eigenvalue weighted by Gasteiger charge is 2.31. The Morgan fingerprint density at radius 2 is 1.82 bits per heavy atom. The second kappa shape index (κ2) is 10.3. The minimum atomic E-state index is -0.649. The third kappa shape index (κ3) is 5.56. The van der Waals surface area contributed by atoms with E-state index in [0.717, 1.165) is 5.75 Å². The van der Waals surface area contributed by atoms with E-state index in [1.807, 2.05) is 30.3 Å². The summed E-state index contributed by atoms with van der Waals surface area (Å²) in [6, 6.07) is 21.5. The number of amides is 2. The number of carbonyl (C=O) groups excluding carboxylic acids is 2. The van der Waals surface area contributed by atoms with Gasteiger partial charge < -0.3 is 24.4 Å². The van der Waals surface area contributed by atoms with Gasteiger partial charge in [-0.25, -0.2) is 0 Å². The molecule has 3 aromatic carbocycles. The van der Waals surface area contributed by atoms with E-state index >= 15 is 0 Å². The molecule has 4 rings (SSSR count). The molecule has 33 heavy (non-hydrogen) atoms. The number of hydrogen-bond acceptors (Lipinski definition) is 5. The molecular formula is C25H23ClN2O5. The van der Waals surface area contributed by atoms with E-state index in [2.05, 4.69) is 5.32 Å². The largest absolute Gasteiger partial charge is 0.492 e. The van der Waals surface area contributed by atoms with Crippen LogP contribution in [-0.4, -0.2) is 37.7 Å². The maximum atomic E-state index is 12.7. The van der Waals surface area contributed by atoms with Crippen LogP contribution in [0.25, 0.3) is 0 Å². The van der Waals surface area contributed by atoms with Crippen molar-refractivity contribution in [3.05, 3.63) is 77.8 Å². The van der Waals surface area contributed by atoms with Crippen molar-refractivity contribution in [2.24, 2.45) is 0 Å². The number of carbonyl (C=O) groups is 2. The van der Waals surface area contributed by atoms with Gasteiger partial charge in [0.15, 0.2) is 12.7 Å². The molecule has 1 N–H and O–H groups in total. The molecule has 170 valence electrons. The highest BCUT2D eigenvalue weighted by molar-refractivity contribution is 6.32. The molecule has 0 spiro atoms. The summed E-state index contributed by atoms with van der Waals surface area (Å²) in [6.07, 6.45) is -0.649. The molecule has 0 saturated carbocycles. The maximum absolute atomic E-state index is 12.7. The second-order valence-corrected chi connectivity index (χ2v) is 7.77. The highest BCUT2D eigenvalue weighted by Crippen LogP contribution is 2.36. The number of halogens is 1. The molecule has 7 nitrogen and oxygen atoms in total. The van der Waals surface area contributed by atoms with Gasteiger partial charge >= 0.3 is 0 Å². The third-order valence-corrected chi connectivity index (χ3v) is 5.29. The highest BCUT2D eigenvalue weighted by atomic mass is 35.5. The molecule has 0 radical (unpaired) electrons. The number of para-hydroxylation sites is 2. The molecular weight excluding hydrogens is 444 g/mol. The third-order valence-electron chi connectivity index (χ3n) is 4.97. The van der Waals surface area contributed by atoms with Gasteiger partial charge in [-0.1, -0.05) is 41.9 Å². The molecule has 0 bridgehead atoms. The van der Waals surface area contributed by atoms with Gasteiger partial charge in [0.1, 0.15) is 23.9 Å². The van der Waals surface area contributed by atoms with Crippen molar-refractivity contribution in [1.29, 1.82) is 0 Å². The van der Waals surface area contributed by atoms with E-state index in [9.17, 15) is 9.59 Å². The SMILES string of the molecule is CC1Oc2cc(NC(=O)COc3ccccc3Cl)ccc2N(CCOc2ccccc2)C1=O. The molecule has 2 amide bonds. The van der Waals surface area contributed by atoms with E-state index in [4.69, 9.17) is 25.8 Å². The Morgan fingerprint density at radius 3 is 2.61 bits per heavy atom. The fourth-order valence-corrected chi connectivity index (χ4v) is 3.58. The van der Waals surface area contributed by atoms with Crippen LogP contribution in [-0.2, 0) is 9.59 Å². The lowest BCUT2D eigenvalue weighted by molar-refractivity contribution is -0.125. The Bertz CT molecular complexity index is 1140. The quantitative estimate of drug-likeness (QED) is 0.527. The van der Waals surface area contributed by atoms with Crippen LogP contribution in [0.15, 0.2) is 72.8 Å². The van der Waals surface area contributed by atoms with Crippen LogP contribution in [0.2, 0.25) is 5.02 Å². The van der Waals surface area contributed by atoms with E-state index in [0.29, 0.717) is 41.0 Å². The smallest absolute Gasteiger partial charge is 0.267 e. The van der Waals surface area contributed by atoms with Crippen LogP contribution in [0, 0.1) is 0 Å². The molecule has 1 unspecified atom stereocenters. The summed E-state index contributed by atoms with van der Waals surface area (Å²) < 4.78 is 17.0. The zero-order valence-corrected chi connectivity index (χ0v) is 18.7. The van der Waals surface area contributed by atoms with Crippen molar-refractivity contribution >= 4 is 34.8 Å². The molecule has 1 atom stereocenters. The fourth-order valence-electron chi connectivity index (χ4n) is 3.39. The number of nitrogens with one attached hydrogen (secondary N) is 1. The molecule has 3 aromatic rings. The normalized spacial score (nSPS) is 14.8. The van der Waals surface area contributed by atoms with Crippen molar-refractivity contribution in [3.63, 3.8) is 0 Å². The van der Waals surface area contributed by atoms with Gasteiger partial charge in [0, 0.05) is 11.8 Å². The van der Waals surface area contributed by atoms with Gasteiger partial charge in [-0.3, -0.25) is 9.59 Å². The fraction of sp³-hybridized carbons (Fsp3) is 0.200. The summed E-state index contributed by atoms with van der Waals surface area (Å²) in [7, 11) is 0. The minimum absolute atomic E-state index is 0.149. The molecule has 8 heteroatoms. The number of hydrogen-bond donors (Lipinski definition) is 1. The maximum Gasteiger partial charge on any atom is 0.267 e. The minimum Gasteiger partial charge on any atom is -0.492 e. The number of nitrogens with zero attached hydrogens (tertiary/aromatic N) is 1.